The van der Waals surface area contributed by atoms with Crippen molar-refractivity contribution in [2.75, 3.05) is 19.7 Å². The number of aryl methyl sites for hydroxylation is 1. The van der Waals surface area contributed by atoms with Gasteiger partial charge in [-0.1, -0.05) is 19.1 Å². The van der Waals surface area contributed by atoms with Crippen LogP contribution in [0.1, 0.15) is 32.6 Å². The van der Waals surface area contributed by atoms with Crippen LogP contribution < -0.4 is 4.74 Å². The van der Waals surface area contributed by atoms with E-state index in [4.69, 9.17) is 4.74 Å². The zero-order valence-corrected chi connectivity index (χ0v) is 15.1. The number of carbonyl (C=O) groups is 1. The van der Waals surface area contributed by atoms with E-state index in [9.17, 15) is 4.79 Å². The van der Waals surface area contributed by atoms with Gasteiger partial charge in [-0.15, -0.1) is 0 Å². The Labute approximate surface area is 149 Å². The Hall–Kier alpha value is -2.30. The number of hydrogen-bond donors (Lipinski definition) is 0. The number of likely N-dealkylation sites (tertiary alicyclic amines) is 1. The van der Waals surface area contributed by atoms with E-state index in [0.717, 1.165) is 42.8 Å². The fraction of sp³-hybridized carbons (Fsp3) is 0.500. The lowest BCUT2D eigenvalue weighted by molar-refractivity contribution is -0.133. The molecule has 5 nitrogen and oxygen atoms in total. The zero-order valence-electron chi connectivity index (χ0n) is 15.1. The molecule has 0 saturated carbocycles. The maximum atomic E-state index is 12.2. The molecule has 0 spiro atoms. The van der Waals surface area contributed by atoms with E-state index in [-0.39, 0.29) is 5.91 Å². The molecule has 1 atom stereocenters. The van der Waals surface area contributed by atoms with Crippen molar-refractivity contribution in [2.24, 2.45) is 13.0 Å². The van der Waals surface area contributed by atoms with E-state index in [1.165, 1.54) is 6.42 Å². The van der Waals surface area contributed by atoms with Crippen LogP contribution in [0, 0.1) is 5.92 Å². The Balaban J connectivity index is 1.41. The van der Waals surface area contributed by atoms with Gasteiger partial charge in [-0.3, -0.25) is 9.48 Å². The number of benzene rings is 1. The van der Waals surface area contributed by atoms with Crippen LogP contribution in [0.2, 0.25) is 0 Å². The third-order valence-corrected chi connectivity index (χ3v) is 4.71. The van der Waals surface area contributed by atoms with Gasteiger partial charge in [0.25, 0.3) is 0 Å². The topological polar surface area (TPSA) is 47.4 Å². The Morgan fingerprint density at radius 2 is 2.08 bits per heavy atom. The molecule has 5 heteroatoms. The Morgan fingerprint density at radius 1 is 1.28 bits per heavy atom. The zero-order chi connectivity index (χ0) is 17.6. The highest BCUT2D eigenvalue weighted by Gasteiger charge is 2.20. The minimum atomic E-state index is 0.266. The SMILES string of the molecule is C[C@H]1CCCN(C(=O)CCCOc2ccc(-c3cnn(C)c3)cc2)C1. The summed E-state index contributed by atoms with van der Waals surface area (Å²) in [6.07, 6.45) is 7.54. The van der Waals surface area contributed by atoms with Gasteiger partial charge in [0.15, 0.2) is 0 Å². The molecule has 1 aliphatic heterocycles. The third-order valence-electron chi connectivity index (χ3n) is 4.71. The van der Waals surface area contributed by atoms with Crippen molar-refractivity contribution in [3.05, 3.63) is 36.7 Å². The highest BCUT2D eigenvalue weighted by molar-refractivity contribution is 5.76. The molecule has 1 aromatic carbocycles. The van der Waals surface area contributed by atoms with Crippen molar-refractivity contribution in [1.29, 1.82) is 0 Å². The van der Waals surface area contributed by atoms with Crippen LogP contribution >= 0.6 is 0 Å². The lowest BCUT2D eigenvalue weighted by atomic mass is 10.00. The van der Waals surface area contributed by atoms with Gasteiger partial charge in [0, 0.05) is 38.3 Å². The van der Waals surface area contributed by atoms with E-state index in [1.54, 1.807) is 4.68 Å². The maximum absolute atomic E-state index is 12.2. The summed E-state index contributed by atoms with van der Waals surface area (Å²) in [6, 6.07) is 8.01. The average molecular weight is 341 g/mol. The summed E-state index contributed by atoms with van der Waals surface area (Å²) >= 11 is 0. The number of aromatic nitrogens is 2. The monoisotopic (exact) mass is 341 g/mol. The number of piperidine rings is 1. The first-order chi connectivity index (χ1) is 12.1. The Morgan fingerprint density at radius 3 is 2.76 bits per heavy atom. The minimum absolute atomic E-state index is 0.266. The molecule has 0 N–H and O–H groups in total. The van der Waals surface area contributed by atoms with Gasteiger partial charge in [-0.25, -0.2) is 0 Å². The Kier molecular flexibility index (Phi) is 5.74. The molecule has 25 heavy (non-hydrogen) atoms. The number of ether oxygens (including phenoxy) is 1. The number of amides is 1. The molecule has 1 aromatic heterocycles. The highest BCUT2D eigenvalue weighted by atomic mass is 16.5. The molecule has 0 bridgehead atoms. The fourth-order valence-corrected chi connectivity index (χ4v) is 3.30. The summed E-state index contributed by atoms with van der Waals surface area (Å²) in [5.74, 6) is 1.74. The molecule has 2 aromatic rings. The molecule has 3 rings (SSSR count). The molecule has 2 heterocycles. The minimum Gasteiger partial charge on any atom is -0.494 e. The summed E-state index contributed by atoms with van der Waals surface area (Å²) in [5.41, 5.74) is 2.21. The molecule has 1 aliphatic rings. The maximum Gasteiger partial charge on any atom is 0.222 e. The number of rotatable bonds is 6. The van der Waals surface area contributed by atoms with Gasteiger partial charge >= 0.3 is 0 Å². The van der Waals surface area contributed by atoms with Crippen LogP contribution in [-0.2, 0) is 11.8 Å². The van der Waals surface area contributed by atoms with Crippen LogP contribution in [-0.4, -0.2) is 40.3 Å². The molecular formula is C20H27N3O2. The summed E-state index contributed by atoms with van der Waals surface area (Å²) in [6.45, 7) is 4.62. The van der Waals surface area contributed by atoms with E-state index in [0.29, 0.717) is 18.9 Å². The highest BCUT2D eigenvalue weighted by Crippen LogP contribution is 2.22. The molecule has 1 amide bonds. The van der Waals surface area contributed by atoms with Gasteiger partial charge in [-0.2, -0.15) is 5.10 Å². The second kappa shape index (κ2) is 8.19. The van der Waals surface area contributed by atoms with Crippen LogP contribution in [0.25, 0.3) is 11.1 Å². The van der Waals surface area contributed by atoms with Gasteiger partial charge in [0.1, 0.15) is 5.75 Å². The lowest BCUT2D eigenvalue weighted by Crippen LogP contribution is -2.39. The van der Waals surface area contributed by atoms with E-state index < -0.39 is 0 Å². The first kappa shape index (κ1) is 17.5. The fourth-order valence-electron chi connectivity index (χ4n) is 3.30. The summed E-state index contributed by atoms with van der Waals surface area (Å²) in [5, 5.41) is 4.19. The first-order valence-electron chi connectivity index (χ1n) is 9.11. The molecule has 0 unspecified atom stereocenters. The van der Waals surface area contributed by atoms with Crippen molar-refractivity contribution in [3.63, 3.8) is 0 Å². The van der Waals surface area contributed by atoms with Gasteiger partial charge in [0.2, 0.25) is 5.91 Å². The van der Waals surface area contributed by atoms with Crippen molar-refractivity contribution < 1.29 is 9.53 Å². The van der Waals surface area contributed by atoms with E-state index >= 15 is 0 Å². The summed E-state index contributed by atoms with van der Waals surface area (Å²) in [7, 11) is 1.91. The number of carbonyl (C=O) groups excluding carboxylic acids is 1. The standard InChI is InChI=1S/C20H27N3O2/c1-16-5-3-11-23(14-16)20(24)6-4-12-25-19-9-7-17(8-10-19)18-13-21-22(2)15-18/h7-10,13,15-16H,3-6,11-12,14H2,1-2H3/t16-/m0/s1. The van der Waals surface area contributed by atoms with Crippen molar-refractivity contribution in [1.82, 2.24) is 14.7 Å². The quantitative estimate of drug-likeness (QED) is 0.756. The molecule has 1 saturated heterocycles. The van der Waals surface area contributed by atoms with Crippen LogP contribution in [0.4, 0.5) is 0 Å². The average Bonchev–Trinajstić information content (AvgIpc) is 3.05. The van der Waals surface area contributed by atoms with Crippen molar-refractivity contribution in [3.8, 4) is 16.9 Å². The lowest BCUT2D eigenvalue weighted by Gasteiger charge is -2.31. The summed E-state index contributed by atoms with van der Waals surface area (Å²) < 4.78 is 7.56. The van der Waals surface area contributed by atoms with Crippen LogP contribution in [0.3, 0.4) is 0 Å². The van der Waals surface area contributed by atoms with E-state index in [1.807, 2.05) is 48.6 Å². The molecular weight excluding hydrogens is 314 g/mol. The van der Waals surface area contributed by atoms with Crippen molar-refractivity contribution in [2.45, 2.75) is 32.6 Å². The van der Waals surface area contributed by atoms with E-state index in [2.05, 4.69) is 12.0 Å². The predicted molar refractivity (Wildman–Crippen MR) is 98.4 cm³/mol. The molecule has 134 valence electrons. The molecule has 1 fully saturated rings. The summed E-state index contributed by atoms with van der Waals surface area (Å²) in [4.78, 5) is 14.2. The third kappa shape index (κ3) is 4.84. The largest absolute Gasteiger partial charge is 0.494 e. The second-order valence-corrected chi connectivity index (χ2v) is 6.97. The van der Waals surface area contributed by atoms with Gasteiger partial charge in [0.05, 0.1) is 12.8 Å². The molecule has 0 radical (unpaired) electrons. The Bertz CT molecular complexity index is 693. The number of hydrogen-bond acceptors (Lipinski definition) is 3. The normalized spacial score (nSPS) is 17.5. The van der Waals surface area contributed by atoms with Crippen molar-refractivity contribution >= 4 is 5.91 Å². The molecule has 0 aliphatic carbocycles. The smallest absolute Gasteiger partial charge is 0.222 e. The van der Waals surface area contributed by atoms with Gasteiger partial charge in [-0.05, 0) is 42.9 Å². The van der Waals surface area contributed by atoms with Crippen LogP contribution in [0.15, 0.2) is 36.7 Å². The van der Waals surface area contributed by atoms with Gasteiger partial charge < -0.3 is 9.64 Å². The van der Waals surface area contributed by atoms with Crippen LogP contribution in [0.5, 0.6) is 5.75 Å². The first-order valence-corrected chi connectivity index (χ1v) is 9.11. The second-order valence-electron chi connectivity index (χ2n) is 6.97. The predicted octanol–water partition coefficient (Wildman–Crippen LogP) is 3.50. The number of nitrogens with zero attached hydrogens (tertiary/aromatic N) is 3.